The second-order valence-electron chi connectivity index (χ2n) is 3.57. The van der Waals surface area contributed by atoms with Gasteiger partial charge in [-0.15, -0.1) is 18.2 Å². The number of thioether (sulfide) groups is 1. The maximum absolute atomic E-state index is 11.4. The Bertz CT molecular complexity index is 595. The molecular formula is C12H11N3O4S. The molecule has 20 heavy (non-hydrogen) atoms. The van der Waals surface area contributed by atoms with E-state index in [1.54, 1.807) is 0 Å². The molecule has 104 valence electrons. The SMILES string of the molecule is C#CCNC(=O)CSc1ccc(C(N)=O)cc1[N+](=O)[O-]. The number of nitro groups is 1. The van der Waals surface area contributed by atoms with Crippen molar-refractivity contribution in [2.45, 2.75) is 4.90 Å². The quantitative estimate of drug-likeness (QED) is 0.343. The van der Waals surface area contributed by atoms with E-state index in [-0.39, 0.29) is 34.4 Å². The molecule has 2 amide bonds. The lowest BCUT2D eigenvalue weighted by Crippen LogP contribution is -2.25. The van der Waals surface area contributed by atoms with Crippen molar-refractivity contribution < 1.29 is 14.5 Å². The van der Waals surface area contributed by atoms with Crippen molar-refractivity contribution in [2.75, 3.05) is 12.3 Å². The van der Waals surface area contributed by atoms with E-state index in [4.69, 9.17) is 12.2 Å². The van der Waals surface area contributed by atoms with Crippen molar-refractivity contribution in [1.29, 1.82) is 0 Å². The number of hydrogen-bond donors (Lipinski definition) is 2. The van der Waals surface area contributed by atoms with Crippen molar-refractivity contribution in [2.24, 2.45) is 5.73 Å². The third kappa shape index (κ3) is 4.29. The molecule has 0 aliphatic heterocycles. The summed E-state index contributed by atoms with van der Waals surface area (Å²) in [5.74, 6) is 1.14. The zero-order valence-corrected chi connectivity index (χ0v) is 11.1. The number of nitrogens with one attached hydrogen (secondary N) is 1. The average molecular weight is 293 g/mol. The van der Waals surface area contributed by atoms with E-state index < -0.39 is 10.8 Å². The van der Waals surface area contributed by atoms with Crippen LogP contribution in [0.4, 0.5) is 5.69 Å². The van der Waals surface area contributed by atoms with Gasteiger partial charge in [-0.3, -0.25) is 19.7 Å². The summed E-state index contributed by atoms with van der Waals surface area (Å²) in [4.78, 5) is 32.9. The van der Waals surface area contributed by atoms with Gasteiger partial charge in [0.25, 0.3) is 5.69 Å². The number of hydrogen-bond acceptors (Lipinski definition) is 5. The summed E-state index contributed by atoms with van der Waals surface area (Å²) in [5.41, 5.74) is 4.83. The first-order chi connectivity index (χ1) is 9.45. The molecule has 1 aromatic carbocycles. The van der Waals surface area contributed by atoms with Crippen LogP contribution in [0, 0.1) is 22.5 Å². The highest BCUT2D eigenvalue weighted by molar-refractivity contribution is 8.00. The molecule has 0 aliphatic carbocycles. The van der Waals surface area contributed by atoms with Crippen LogP contribution in [-0.4, -0.2) is 29.0 Å². The van der Waals surface area contributed by atoms with Gasteiger partial charge >= 0.3 is 0 Å². The number of nitrogens with zero attached hydrogens (tertiary/aromatic N) is 1. The maximum Gasteiger partial charge on any atom is 0.283 e. The standard InChI is InChI=1S/C12H11N3O4S/c1-2-5-14-11(16)7-20-10-4-3-8(12(13)17)6-9(10)15(18)19/h1,3-4,6H,5,7H2,(H2,13,17)(H,14,16). The van der Waals surface area contributed by atoms with Crippen LogP contribution >= 0.6 is 11.8 Å². The Morgan fingerprint density at radius 1 is 1.50 bits per heavy atom. The van der Waals surface area contributed by atoms with Gasteiger partial charge in [-0.05, 0) is 12.1 Å². The van der Waals surface area contributed by atoms with Gasteiger partial charge in [-0.1, -0.05) is 5.92 Å². The fraction of sp³-hybridized carbons (Fsp3) is 0.167. The Hall–Kier alpha value is -2.53. The molecule has 0 bridgehead atoms. The van der Waals surface area contributed by atoms with Crippen LogP contribution < -0.4 is 11.1 Å². The van der Waals surface area contributed by atoms with E-state index >= 15 is 0 Å². The third-order valence-corrected chi connectivity index (χ3v) is 3.25. The van der Waals surface area contributed by atoms with Crippen LogP contribution in [-0.2, 0) is 4.79 Å². The van der Waals surface area contributed by atoms with E-state index in [0.29, 0.717) is 0 Å². The third-order valence-electron chi connectivity index (χ3n) is 2.19. The summed E-state index contributed by atoms with van der Waals surface area (Å²) >= 11 is 0.980. The zero-order chi connectivity index (χ0) is 15.1. The number of nitrogens with two attached hydrogens (primary N) is 1. The first-order valence-electron chi connectivity index (χ1n) is 5.37. The lowest BCUT2D eigenvalue weighted by molar-refractivity contribution is -0.387. The summed E-state index contributed by atoms with van der Waals surface area (Å²) in [5, 5.41) is 13.4. The van der Waals surface area contributed by atoms with Crippen LogP contribution in [0.1, 0.15) is 10.4 Å². The van der Waals surface area contributed by atoms with Gasteiger partial charge in [0, 0.05) is 11.6 Å². The minimum Gasteiger partial charge on any atom is -0.366 e. The van der Waals surface area contributed by atoms with Gasteiger partial charge in [0.2, 0.25) is 11.8 Å². The number of terminal acetylenes is 1. The molecule has 0 fully saturated rings. The van der Waals surface area contributed by atoms with Crippen molar-refractivity contribution in [3.63, 3.8) is 0 Å². The topological polar surface area (TPSA) is 115 Å². The first kappa shape index (κ1) is 15.5. The highest BCUT2D eigenvalue weighted by Crippen LogP contribution is 2.29. The van der Waals surface area contributed by atoms with Crippen molar-refractivity contribution >= 4 is 29.3 Å². The Morgan fingerprint density at radius 2 is 2.20 bits per heavy atom. The Kier molecular flexibility index (Phi) is 5.56. The van der Waals surface area contributed by atoms with E-state index in [2.05, 4.69) is 11.2 Å². The van der Waals surface area contributed by atoms with Gasteiger partial charge in [-0.2, -0.15) is 0 Å². The Morgan fingerprint density at radius 3 is 2.75 bits per heavy atom. The molecule has 7 nitrogen and oxygen atoms in total. The summed E-state index contributed by atoms with van der Waals surface area (Å²) in [6.07, 6.45) is 4.99. The van der Waals surface area contributed by atoms with Crippen LogP contribution in [0.2, 0.25) is 0 Å². The molecule has 0 atom stereocenters. The molecule has 0 aliphatic rings. The molecule has 0 saturated carbocycles. The molecule has 1 aromatic rings. The van der Waals surface area contributed by atoms with Gasteiger partial charge in [0.05, 0.1) is 22.1 Å². The molecule has 3 N–H and O–H groups in total. The number of rotatable bonds is 6. The minimum atomic E-state index is -0.753. The van der Waals surface area contributed by atoms with Crippen LogP contribution in [0.5, 0.6) is 0 Å². The number of nitro benzene ring substituents is 1. The van der Waals surface area contributed by atoms with Crippen molar-refractivity contribution in [1.82, 2.24) is 5.32 Å². The van der Waals surface area contributed by atoms with Crippen LogP contribution in [0.15, 0.2) is 23.1 Å². The predicted octanol–water partition coefficient (Wildman–Crippen LogP) is 0.535. The van der Waals surface area contributed by atoms with Crippen LogP contribution in [0.3, 0.4) is 0 Å². The van der Waals surface area contributed by atoms with E-state index in [1.165, 1.54) is 12.1 Å². The molecule has 0 spiro atoms. The summed E-state index contributed by atoms with van der Waals surface area (Å²) < 4.78 is 0. The van der Waals surface area contributed by atoms with Gasteiger partial charge < -0.3 is 11.1 Å². The van der Waals surface area contributed by atoms with E-state index in [9.17, 15) is 19.7 Å². The molecule has 0 unspecified atom stereocenters. The largest absolute Gasteiger partial charge is 0.366 e. The highest BCUT2D eigenvalue weighted by Gasteiger charge is 2.17. The number of primary amides is 1. The number of carbonyl (C=O) groups excluding carboxylic acids is 2. The molecule has 0 aromatic heterocycles. The summed E-state index contributed by atoms with van der Waals surface area (Å²) in [6.45, 7) is 0.0993. The highest BCUT2D eigenvalue weighted by atomic mass is 32.2. The summed E-state index contributed by atoms with van der Waals surface area (Å²) in [7, 11) is 0. The molecule has 0 heterocycles. The smallest absolute Gasteiger partial charge is 0.283 e. The minimum absolute atomic E-state index is 0.0154. The average Bonchev–Trinajstić information content (AvgIpc) is 2.42. The van der Waals surface area contributed by atoms with Crippen molar-refractivity contribution in [3.8, 4) is 12.3 Å². The fourth-order valence-corrected chi connectivity index (χ4v) is 2.11. The molecule has 0 radical (unpaired) electrons. The van der Waals surface area contributed by atoms with E-state index in [1.807, 2.05) is 0 Å². The maximum atomic E-state index is 11.4. The van der Waals surface area contributed by atoms with Gasteiger partial charge in [-0.25, -0.2) is 0 Å². The lowest BCUT2D eigenvalue weighted by Gasteiger charge is -2.04. The fourth-order valence-electron chi connectivity index (χ4n) is 1.28. The number of benzene rings is 1. The predicted molar refractivity (Wildman–Crippen MR) is 74.2 cm³/mol. The second kappa shape index (κ2) is 7.16. The van der Waals surface area contributed by atoms with Crippen LogP contribution in [0.25, 0.3) is 0 Å². The van der Waals surface area contributed by atoms with Gasteiger partial charge in [0.1, 0.15) is 0 Å². The Balaban J connectivity index is 2.85. The summed E-state index contributed by atoms with van der Waals surface area (Å²) in [6, 6.07) is 3.85. The van der Waals surface area contributed by atoms with Gasteiger partial charge in [0.15, 0.2) is 0 Å². The second-order valence-corrected chi connectivity index (χ2v) is 4.59. The lowest BCUT2D eigenvalue weighted by atomic mass is 10.2. The molecule has 8 heteroatoms. The number of carbonyl (C=O) groups is 2. The molecule has 1 rings (SSSR count). The molecule has 0 saturated heterocycles. The number of amides is 2. The normalized spacial score (nSPS) is 9.55. The Labute approximate surface area is 119 Å². The molecular weight excluding hydrogens is 282 g/mol. The van der Waals surface area contributed by atoms with Crippen molar-refractivity contribution in [3.05, 3.63) is 33.9 Å². The van der Waals surface area contributed by atoms with E-state index in [0.717, 1.165) is 17.8 Å². The monoisotopic (exact) mass is 293 g/mol. The zero-order valence-electron chi connectivity index (χ0n) is 10.3. The first-order valence-corrected chi connectivity index (χ1v) is 6.35.